The summed E-state index contributed by atoms with van der Waals surface area (Å²) in [5, 5.41) is 11.5. The first kappa shape index (κ1) is 21.1. The van der Waals surface area contributed by atoms with Gasteiger partial charge in [-0.05, 0) is 43.6 Å². The minimum Gasteiger partial charge on any atom is -0.367 e. The highest BCUT2D eigenvalue weighted by Crippen LogP contribution is 2.42. The Kier molecular flexibility index (Phi) is 5.50. The van der Waals surface area contributed by atoms with Crippen LogP contribution in [0.5, 0.6) is 0 Å². The summed E-state index contributed by atoms with van der Waals surface area (Å²) in [6.45, 7) is 6.61. The average molecular weight is 443 g/mol. The number of piperidine rings is 1. The Bertz CT molecular complexity index is 924. The highest BCUT2D eigenvalue weighted by atomic mass is 32.1. The molecule has 1 saturated heterocycles. The van der Waals surface area contributed by atoms with E-state index in [0.29, 0.717) is 35.2 Å². The van der Waals surface area contributed by atoms with Crippen LogP contribution in [-0.2, 0) is 0 Å². The first-order valence-corrected chi connectivity index (χ1v) is 10.9. The third-order valence-electron chi connectivity index (χ3n) is 6.02. The van der Waals surface area contributed by atoms with Crippen molar-refractivity contribution in [1.82, 2.24) is 24.3 Å². The number of hydrogen-bond donors (Lipinski definition) is 1. The van der Waals surface area contributed by atoms with Crippen LogP contribution >= 0.6 is 11.5 Å². The highest BCUT2D eigenvalue weighted by molar-refractivity contribution is 7.07. The number of carbonyl (C=O) groups excluding carboxylic acids is 1. The van der Waals surface area contributed by atoms with Crippen LogP contribution in [0.1, 0.15) is 66.1 Å². The summed E-state index contributed by atoms with van der Waals surface area (Å²) >= 11 is 1.07. The van der Waals surface area contributed by atoms with E-state index < -0.39 is 12.2 Å². The molecule has 1 amide bonds. The minimum atomic E-state index is -4.36. The number of nitrogens with zero attached hydrogens (tertiary/aromatic N) is 5. The van der Waals surface area contributed by atoms with Gasteiger partial charge >= 0.3 is 6.18 Å². The van der Waals surface area contributed by atoms with Crippen LogP contribution in [0.25, 0.3) is 0 Å². The Morgan fingerprint density at radius 2 is 2.13 bits per heavy atom. The lowest BCUT2D eigenvalue weighted by Crippen LogP contribution is -2.41. The van der Waals surface area contributed by atoms with Crippen LogP contribution in [0.2, 0.25) is 0 Å². The number of aromatic nitrogens is 4. The van der Waals surface area contributed by atoms with Crippen molar-refractivity contribution in [2.45, 2.75) is 64.2 Å². The van der Waals surface area contributed by atoms with Crippen molar-refractivity contribution in [2.75, 3.05) is 18.4 Å². The normalized spacial score (nSPS) is 24.6. The van der Waals surface area contributed by atoms with Crippen molar-refractivity contribution >= 4 is 23.3 Å². The Labute approximate surface area is 176 Å². The van der Waals surface area contributed by atoms with Crippen molar-refractivity contribution in [3.63, 3.8) is 0 Å². The van der Waals surface area contributed by atoms with Crippen molar-refractivity contribution < 1.29 is 18.0 Å². The molecule has 2 aliphatic rings. The Morgan fingerprint density at radius 1 is 1.37 bits per heavy atom. The number of nitrogens with one attached hydrogen (secondary N) is 1. The number of aryl methyl sites for hydroxylation is 1. The number of alkyl halides is 3. The average Bonchev–Trinajstić information content (AvgIpc) is 3.31. The molecular weight excluding hydrogens is 417 g/mol. The van der Waals surface area contributed by atoms with Crippen molar-refractivity contribution in [1.29, 1.82) is 0 Å². The molecule has 3 atom stereocenters. The van der Waals surface area contributed by atoms with Crippen LogP contribution < -0.4 is 5.32 Å². The van der Waals surface area contributed by atoms with Gasteiger partial charge in [-0.3, -0.25) is 4.79 Å². The molecule has 0 aliphatic carbocycles. The Balaban J connectivity index is 1.58. The first-order valence-electron chi connectivity index (χ1n) is 10.2. The third kappa shape index (κ3) is 3.91. The van der Waals surface area contributed by atoms with E-state index in [1.807, 2.05) is 13.8 Å². The van der Waals surface area contributed by atoms with E-state index in [0.717, 1.165) is 29.1 Å². The van der Waals surface area contributed by atoms with Crippen molar-refractivity contribution in [2.24, 2.45) is 5.92 Å². The summed E-state index contributed by atoms with van der Waals surface area (Å²) < 4.78 is 46.1. The molecule has 0 saturated carbocycles. The molecule has 1 N–H and O–H groups in total. The second-order valence-corrected chi connectivity index (χ2v) is 9.22. The molecule has 0 aromatic carbocycles. The van der Waals surface area contributed by atoms with Gasteiger partial charge in [-0.2, -0.15) is 18.3 Å². The summed E-state index contributed by atoms with van der Waals surface area (Å²) in [4.78, 5) is 15.1. The van der Waals surface area contributed by atoms with E-state index >= 15 is 0 Å². The van der Waals surface area contributed by atoms with E-state index in [-0.39, 0.29) is 30.2 Å². The largest absolute Gasteiger partial charge is 0.410 e. The minimum absolute atomic E-state index is 0.0395. The number of carbonyl (C=O) groups is 1. The van der Waals surface area contributed by atoms with Gasteiger partial charge < -0.3 is 10.2 Å². The van der Waals surface area contributed by atoms with Gasteiger partial charge in [0.15, 0.2) is 6.04 Å². The molecule has 1 fully saturated rings. The van der Waals surface area contributed by atoms with Crippen LogP contribution in [0.15, 0.2) is 6.07 Å². The van der Waals surface area contributed by atoms with Crippen LogP contribution in [0.4, 0.5) is 19.0 Å². The van der Waals surface area contributed by atoms with Gasteiger partial charge in [0.25, 0.3) is 5.91 Å². The molecule has 0 bridgehead atoms. The predicted molar refractivity (Wildman–Crippen MR) is 107 cm³/mol. The fourth-order valence-electron chi connectivity index (χ4n) is 4.23. The Hall–Kier alpha value is -2.17. The first-order chi connectivity index (χ1) is 14.1. The topological polar surface area (TPSA) is 75.9 Å². The van der Waals surface area contributed by atoms with Gasteiger partial charge in [0.2, 0.25) is 0 Å². The third-order valence-corrected chi connectivity index (χ3v) is 6.83. The number of rotatable bonds is 3. The van der Waals surface area contributed by atoms with Gasteiger partial charge in [-0.15, -0.1) is 5.10 Å². The molecule has 3 unspecified atom stereocenters. The molecule has 4 rings (SSSR count). The molecule has 2 aromatic rings. The van der Waals surface area contributed by atoms with Crippen LogP contribution in [0, 0.1) is 12.8 Å². The zero-order valence-corrected chi connectivity index (χ0v) is 17.9. The van der Waals surface area contributed by atoms with Gasteiger partial charge in [0.05, 0.1) is 11.4 Å². The maximum Gasteiger partial charge on any atom is 0.410 e. The number of fused-ring (bicyclic) bond motifs is 1. The maximum absolute atomic E-state index is 13.7. The van der Waals surface area contributed by atoms with E-state index in [9.17, 15) is 18.0 Å². The standard InChI is InChI=1S/C19H25F3N6OS/c1-10(2)13-7-15(19(20,21)22)28-16(23-13)8-14(25-28)12-5-4-6-27(9-12)18(29)17-11(3)24-26-30-17/h8,10,12-13,15,23H,4-7,9H2,1-3H3. The highest BCUT2D eigenvalue weighted by Gasteiger charge is 2.47. The van der Waals surface area contributed by atoms with Gasteiger partial charge in [-0.25, -0.2) is 4.68 Å². The SMILES string of the molecule is Cc1nnsc1C(=O)N1CCCC(c2cc3n(n2)C(C(F)(F)F)CC(C(C)C)N3)C1. The smallest absolute Gasteiger partial charge is 0.367 e. The molecule has 4 heterocycles. The van der Waals surface area contributed by atoms with E-state index in [1.54, 1.807) is 17.9 Å². The number of amides is 1. The zero-order chi connectivity index (χ0) is 21.6. The second-order valence-electron chi connectivity index (χ2n) is 8.46. The fraction of sp³-hybridized carbons (Fsp3) is 0.684. The molecule has 11 heteroatoms. The number of hydrogen-bond acceptors (Lipinski definition) is 6. The number of likely N-dealkylation sites (tertiary alicyclic amines) is 1. The molecule has 0 spiro atoms. The fourth-order valence-corrected chi connectivity index (χ4v) is 4.86. The molecule has 7 nitrogen and oxygen atoms in total. The van der Waals surface area contributed by atoms with Crippen molar-refractivity contribution in [3.05, 3.63) is 22.3 Å². The quantitative estimate of drug-likeness (QED) is 0.778. The molecule has 2 aliphatic heterocycles. The molecular formula is C19H25F3N6OS. The number of halogens is 3. The maximum atomic E-state index is 13.7. The lowest BCUT2D eigenvalue weighted by atomic mass is 9.93. The summed E-state index contributed by atoms with van der Waals surface area (Å²) in [5.41, 5.74) is 1.20. The lowest BCUT2D eigenvalue weighted by molar-refractivity contribution is -0.174. The number of anilines is 1. The monoisotopic (exact) mass is 442 g/mol. The van der Waals surface area contributed by atoms with E-state index in [2.05, 4.69) is 20.0 Å². The van der Waals surface area contributed by atoms with E-state index in [4.69, 9.17) is 0 Å². The molecule has 2 aromatic heterocycles. The van der Waals surface area contributed by atoms with E-state index in [1.165, 1.54) is 0 Å². The second kappa shape index (κ2) is 7.82. The van der Waals surface area contributed by atoms with Crippen molar-refractivity contribution in [3.8, 4) is 0 Å². The molecule has 164 valence electrons. The van der Waals surface area contributed by atoms with Gasteiger partial charge in [-0.1, -0.05) is 18.3 Å². The van der Waals surface area contributed by atoms with Gasteiger partial charge in [0, 0.05) is 31.1 Å². The van der Waals surface area contributed by atoms with Gasteiger partial charge in [0.1, 0.15) is 10.7 Å². The summed E-state index contributed by atoms with van der Waals surface area (Å²) in [5.74, 6) is 0.252. The summed E-state index contributed by atoms with van der Waals surface area (Å²) in [6.07, 6.45) is -2.85. The zero-order valence-electron chi connectivity index (χ0n) is 17.1. The Morgan fingerprint density at radius 3 is 2.77 bits per heavy atom. The molecule has 0 radical (unpaired) electrons. The summed E-state index contributed by atoms with van der Waals surface area (Å²) in [7, 11) is 0. The molecule has 30 heavy (non-hydrogen) atoms. The lowest BCUT2D eigenvalue weighted by Gasteiger charge is -2.35. The van der Waals surface area contributed by atoms with Crippen LogP contribution in [-0.4, -0.2) is 55.5 Å². The summed E-state index contributed by atoms with van der Waals surface area (Å²) in [6, 6.07) is -0.173. The predicted octanol–water partition coefficient (Wildman–Crippen LogP) is 4.01. The van der Waals surface area contributed by atoms with Crippen LogP contribution in [0.3, 0.4) is 0 Å².